The second-order valence-corrected chi connectivity index (χ2v) is 7.34. The molecule has 0 unspecified atom stereocenters. The summed E-state index contributed by atoms with van der Waals surface area (Å²) >= 11 is 0. The zero-order valence-corrected chi connectivity index (χ0v) is 19.6. The summed E-state index contributed by atoms with van der Waals surface area (Å²) < 4.78 is 10.4. The molecule has 0 aliphatic heterocycles. The van der Waals surface area contributed by atoms with Crippen molar-refractivity contribution >= 4 is 8.60 Å². The van der Waals surface area contributed by atoms with Gasteiger partial charge in [-0.15, -0.1) is 0 Å². The quantitative estimate of drug-likeness (QED) is 0.280. The molecule has 0 aromatic heterocycles. The van der Waals surface area contributed by atoms with Crippen LogP contribution in [0.4, 0.5) is 0 Å². The molecule has 134 valence electrons. The molecule has 0 aromatic rings. The van der Waals surface area contributed by atoms with Crippen molar-refractivity contribution in [2.24, 2.45) is 11.8 Å². The zero-order valence-electron chi connectivity index (χ0n) is 14.8. The fourth-order valence-electron chi connectivity index (χ4n) is 1.98. The monoisotopic (exact) mass is 482 g/mol. The molecule has 6 heteroatoms. The summed E-state index contributed by atoms with van der Waals surface area (Å²) in [7, 11) is -1.90. The van der Waals surface area contributed by atoms with E-state index in [9.17, 15) is 4.89 Å². The Morgan fingerprint density at radius 1 is 0.727 bits per heavy atom. The van der Waals surface area contributed by atoms with Crippen LogP contribution in [0.25, 0.3) is 0 Å². The van der Waals surface area contributed by atoms with Crippen LogP contribution in [0.2, 0.25) is 0 Å². The van der Waals surface area contributed by atoms with Gasteiger partial charge in [-0.1, -0.05) is 66.2 Å². The molecule has 0 N–H and O–H groups in total. The predicted octanol–water partition coefficient (Wildman–Crippen LogP) is 2.04. The van der Waals surface area contributed by atoms with Gasteiger partial charge in [0.05, 0.1) is 21.8 Å². The van der Waals surface area contributed by atoms with E-state index >= 15 is 0 Å². The maximum Gasteiger partial charge on any atom is 0.0828 e. The van der Waals surface area contributed by atoms with Crippen LogP contribution in [0.5, 0.6) is 0 Å². The van der Waals surface area contributed by atoms with Crippen LogP contribution in [-0.4, -0.2) is 13.2 Å². The van der Waals surface area contributed by atoms with E-state index in [0.717, 1.165) is 37.5 Å². The van der Waals surface area contributed by atoms with E-state index in [4.69, 9.17) is 9.05 Å². The van der Waals surface area contributed by atoms with Crippen LogP contribution >= 0.6 is 8.60 Å². The van der Waals surface area contributed by atoms with Gasteiger partial charge in [-0.05, 0) is 24.7 Å². The number of rotatable bonds is 14. The van der Waals surface area contributed by atoms with E-state index in [-0.39, 0.29) is 53.2 Å². The van der Waals surface area contributed by atoms with Crippen LogP contribution < -0.4 is 17.3 Å². The Kier molecular flexibility index (Phi) is 27.4. The molecule has 0 aliphatic carbocycles. The Labute approximate surface area is 178 Å². The molecule has 0 amide bonds. The van der Waals surface area contributed by atoms with Crippen molar-refractivity contribution in [3.8, 4) is 0 Å². The topological polar surface area (TPSA) is 41.5 Å². The molecule has 0 atom stereocenters. The molecule has 3 nitrogen and oxygen atoms in total. The summed E-state index contributed by atoms with van der Waals surface area (Å²) in [6, 6.07) is 0. The summed E-state index contributed by atoms with van der Waals surface area (Å²) in [5.41, 5.74) is 0. The molecular weight excluding hydrogens is 451 g/mol. The zero-order chi connectivity index (χ0) is 15.2. The van der Waals surface area contributed by atoms with E-state index in [0.29, 0.717) is 13.2 Å². The van der Waals surface area contributed by atoms with Crippen molar-refractivity contribution in [2.45, 2.75) is 79.1 Å². The number of hydrogen-bond donors (Lipinski definition) is 0. The molecule has 0 spiro atoms. The van der Waals surface area contributed by atoms with Crippen molar-refractivity contribution in [3.05, 3.63) is 0 Å². The van der Waals surface area contributed by atoms with E-state index in [1.54, 1.807) is 0 Å². The van der Waals surface area contributed by atoms with E-state index in [2.05, 4.69) is 27.7 Å². The first-order valence-corrected chi connectivity index (χ1v) is 9.35. The molecule has 0 fully saturated rings. The average molecular weight is 485 g/mol. The molecule has 0 heterocycles. The Morgan fingerprint density at radius 3 is 1.41 bits per heavy atom. The molecule has 0 aliphatic rings. The van der Waals surface area contributed by atoms with Crippen LogP contribution in [-0.2, 0) is 9.05 Å². The maximum absolute atomic E-state index is 11.4. The summed E-state index contributed by atoms with van der Waals surface area (Å²) in [5.74, 6) is 1.54. The minimum absolute atomic E-state index is 0. The average Bonchev–Trinajstić information content (AvgIpc) is 2.37. The molecule has 0 aromatic carbocycles. The number of hydrogen-bond acceptors (Lipinski definition) is 3. The van der Waals surface area contributed by atoms with Crippen molar-refractivity contribution in [2.75, 3.05) is 13.2 Å². The van der Waals surface area contributed by atoms with Gasteiger partial charge in [0.25, 0.3) is 0 Å². The van der Waals surface area contributed by atoms with Gasteiger partial charge in [0, 0.05) is 40.8 Å². The van der Waals surface area contributed by atoms with Crippen molar-refractivity contribution in [3.63, 3.8) is 0 Å². The molecule has 0 rings (SSSR count). The second kappa shape index (κ2) is 21.0. The van der Waals surface area contributed by atoms with Crippen molar-refractivity contribution < 1.29 is 67.2 Å². The third-order valence-corrected chi connectivity index (χ3v) is 4.03. The SMILES string of the molecule is CC(C)CCCCCOP([O-])OCCCCCC(C)C.[Cl-].[Nd]. The van der Waals surface area contributed by atoms with Gasteiger partial charge in [-0.2, -0.15) is 0 Å². The van der Waals surface area contributed by atoms with Crippen LogP contribution in [0.3, 0.4) is 0 Å². The summed E-state index contributed by atoms with van der Waals surface area (Å²) in [5, 5.41) is 0. The Bertz CT molecular complexity index is 190. The first-order chi connectivity index (χ1) is 9.52. The van der Waals surface area contributed by atoms with Gasteiger partial charge >= 0.3 is 0 Å². The Hall–Kier alpha value is 1.95. The molecule has 0 bridgehead atoms. The van der Waals surface area contributed by atoms with Gasteiger partial charge in [0.1, 0.15) is 0 Å². The van der Waals surface area contributed by atoms with Crippen molar-refractivity contribution in [1.29, 1.82) is 0 Å². The van der Waals surface area contributed by atoms with Crippen LogP contribution in [0, 0.1) is 52.7 Å². The van der Waals surface area contributed by atoms with E-state index < -0.39 is 8.60 Å². The normalized spacial score (nSPS) is 10.9. The second-order valence-electron chi connectivity index (χ2n) is 6.38. The summed E-state index contributed by atoms with van der Waals surface area (Å²) in [6.07, 6.45) is 9.24. The van der Waals surface area contributed by atoms with Gasteiger partial charge in [0.2, 0.25) is 0 Å². The summed E-state index contributed by atoms with van der Waals surface area (Å²) in [6.45, 7) is 10.1. The standard InChI is InChI=1S/C16H34O3P.ClH.Nd/c1-15(2)11-7-5-9-13-18-20(17)19-14-10-6-8-12-16(3)4;;/h15-16H,5-14H2,1-4H3;1H;/q-1;;/p-1. The van der Waals surface area contributed by atoms with Gasteiger partial charge < -0.3 is 26.3 Å². The summed E-state index contributed by atoms with van der Waals surface area (Å²) in [4.78, 5) is 11.4. The third kappa shape index (κ3) is 24.2. The molecule has 0 radical (unpaired) electrons. The maximum atomic E-state index is 11.4. The fraction of sp³-hybridized carbons (Fsp3) is 1.00. The number of halogens is 1. The molecule has 0 saturated heterocycles. The predicted molar refractivity (Wildman–Crippen MR) is 85.4 cm³/mol. The van der Waals surface area contributed by atoms with E-state index in [1.165, 1.54) is 25.7 Å². The largest absolute Gasteiger partial charge is 1.00 e. The molecule has 22 heavy (non-hydrogen) atoms. The van der Waals surface area contributed by atoms with Gasteiger partial charge in [0.15, 0.2) is 0 Å². The van der Waals surface area contributed by atoms with Crippen LogP contribution in [0.15, 0.2) is 0 Å². The molecule has 0 saturated carbocycles. The minimum atomic E-state index is -1.90. The first kappa shape index (κ1) is 28.7. The number of unbranched alkanes of at least 4 members (excludes halogenated alkanes) is 4. The fourth-order valence-corrected chi connectivity index (χ4v) is 2.61. The molecular formula is C16H34ClNdO3P-2. The Balaban J connectivity index is -0.00000180. The smallest absolute Gasteiger partial charge is 0.0828 e. The Morgan fingerprint density at radius 2 is 1.09 bits per heavy atom. The van der Waals surface area contributed by atoms with Gasteiger partial charge in [-0.25, -0.2) is 0 Å². The minimum Gasteiger partial charge on any atom is -1.00 e. The van der Waals surface area contributed by atoms with Crippen molar-refractivity contribution in [1.82, 2.24) is 0 Å². The van der Waals surface area contributed by atoms with Crippen LogP contribution in [0.1, 0.15) is 79.1 Å². The van der Waals surface area contributed by atoms with E-state index in [1.807, 2.05) is 0 Å². The van der Waals surface area contributed by atoms with Gasteiger partial charge in [-0.3, -0.25) is 0 Å². The first-order valence-electron chi connectivity index (χ1n) is 8.25. The third-order valence-electron chi connectivity index (χ3n) is 3.25.